The molecule has 0 unspecified atom stereocenters. The van der Waals surface area contributed by atoms with Gasteiger partial charge >= 0.3 is 0 Å². The molecule has 1 aliphatic heterocycles. The molecule has 5 nitrogen and oxygen atoms in total. The fourth-order valence-corrected chi connectivity index (χ4v) is 3.73. The quantitative estimate of drug-likeness (QED) is 0.284. The average molecular weight is 405 g/mol. The third-order valence-corrected chi connectivity index (χ3v) is 5.58. The first-order chi connectivity index (χ1) is 13.1. The Balaban J connectivity index is 1.96. The summed E-state index contributed by atoms with van der Waals surface area (Å²) < 4.78 is 10.9. The van der Waals surface area contributed by atoms with Crippen LogP contribution in [-0.4, -0.2) is 58.0 Å². The Labute approximate surface area is 170 Å². The minimum Gasteiger partial charge on any atom is -0.479 e. The van der Waals surface area contributed by atoms with Crippen LogP contribution in [0.3, 0.4) is 0 Å². The molecule has 1 fully saturated rings. The van der Waals surface area contributed by atoms with Crippen LogP contribution >= 0.6 is 12.2 Å². The van der Waals surface area contributed by atoms with Crippen molar-refractivity contribution in [2.24, 2.45) is 0 Å². The Morgan fingerprint density at radius 2 is 1.41 bits per heavy atom. The molecule has 27 heavy (non-hydrogen) atoms. The van der Waals surface area contributed by atoms with Gasteiger partial charge in [-0.25, -0.2) is 0 Å². The Hall–Kier alpha value is -0.270. The fourth-order valence-electron chi connectivity index (χ4n) is 3.46. The van der Waals surface area contributed by atoms with Crippen molar-refractivity contribution in [2.75, 3.05) is 13.2 Å². The van der Waals surface area contributed by atoms with E-state index in [0.717, 1.165) is 12.8 Å². The van der Waals surface area contributed by atoms with Crippen molar-refractivity contribution in [2.45, 2.75) is 115 Å². The molecular formula is C21H40O5S. The molecule has 3 N–H and O–H groups in total. The summed E-state index contributed by atoms with van der Waals surface area (Å²) in [6.45, 7) is 2.06. The molecule has 0 amide bonds. The molecule has 1 rings (SSSR count). The van der Waals surface area contributed by atoms with Crippen molar-refractivity contribution in [3.63, 3.8) is 0 Å². The van der Waals surface area contributed by atoms with Gasteiger partial charge in [-0.2, -0.15) is 0 Å². The molecule has 1 saturated heterocycles. The van der Waals surface area contributed by atoms with Gasteiger partial charge in [-0.3, -0.25) is 0 Å². The molecule has 1 aliphatic rings. The van der Waals surface area contributed by atoms with Crippen molar-refractivity contribution in [3.8, 4) is 0 Å². The maximum Gasteiger partial charge on any atom is 0.160 e. The molecule has 0 spiro atoms. The highest BCUT2D eigenvalue weighted by Gasteiger charge is 2.39. The van der Waals surface area contributed by atoms with Gasteiger partial charge in [0, 0.05) is 6.42 Å². The smallest absolute Gasteiger partial charge is 0.160 e. The number of hydrogen-bond donors (Lipinski definition) is 3. The van der Waals surface area contributed by atoms with Gasteiger partial charge in [-0.1, -0.05) is 77.6 Å². The second kappa shape index (κ2) is 15.6. The van der Waals surface area contributed by atoms with Crippen molar-refractivity contribution in [3.05, 3.63) is 0 Å². The van der Waals surface area contributed by atoms with E-state index in [1.54, 1.807) is 0 Å². The number of hydrogen-bond acceptors (Lipinski definition) is 6. The number of ether oxygens (including phenoxy) is 2. The standard InChI is InChI=1S/C21H40O5S/c1-2-3-4-5-6-7-8-9-10-11-12-13-14-19(27)26-18-16-25-17(15-22)20(23)21(18)24/h17-18,20-24H,2-16H2,1H3/t17-,18+,20-,21-/m0/s1. The van der Waals surface area contributed by atoms with Gasteiger partial charge in [0.25, 0.3) is 0 Å². The van der Waals surface area contributed by atoms with Crippen LogP contribution in [0.4, 0.5) is 0 Å². The molecule has 6 heteroatoms. The lowest BCUT2D eigenvalue weighted by Gasteiger charge is -2.36. The van der Waals surface area contributed by atoms with Crippen LogP contribution in [0.15, 0.2) is 0 Å². The zero-order chi connectivity index (χ0) is 19.9. The molecule has 4 atom stereocenters. The van der Waals surface area contributed by atoms with E-state index in [-0.39, 0.29) is 13.2 Å². The van der Waals surface area contributed by atoms with Crippen LogP contribution in [-0.2, 0) is 9.47 Å². The van der Waals surface area contributed by atoms with Gasteiger partial charge in [-0.05, 0) is 18.6 Å². The largest absolute Gasteiger partial charge is 0.479 e. The maximum atomic E-state index is 10.0. The van der Waals surface area contributed by atoms with Crippen LogP contribution in [0.2, 0.25) is 0 Å². The van der Waals surface area contributed by atoms with E-state index >= 15 is 0 Å². The lowest BCUT2D eigenvalue weighted by atomic mass is 10.0. The number of aliphatic hydroxyl groups is 3. The van der Waals surface area contributed by atoms with Crippen LogP contribution in [0, 0.1) is 0 Å². The van der Waals surface area contributed by atoms with Crippen molar-refractivity contribution >= 4 is 17.3 Å². The van der Waals surface area contributed by atoms with Crippen molar-refractivity contribution in [1.82, 2.24) is 0 Å². The lowest BCUT2D eigenvalue weighted by molar-refractivity contribution is -0.191. The van der Waals surface area contributed by atoms with E-state index in [9.17, 15) is 10.2 Å². The Bertz CT molecular complexity index is 380. The van der Waals surface area contributed by atoms with Crippen LogP contribution in [0.5, 0.6) is 0 Å². The van der Waals surface area contributed by atoms with Crippen molar-refractivity contribution < 1.29 is 24.8 Å². The van der Waals surface area contributed by atoms with Crippen LogP contribution in [0.1, 0.15) is 90.4 Å². The molecule has 0 aromatic rings. The summed E-state index contributed by atoms with van der Waals surface area (Å²) in [4.78, 5) is 0. The van der Waals surface area contributed by atoms with Crippen LogP contribution < -0.4 is 0 Å². The second-order valence-corrected chi connectivity index (χ2v) is 8.16. The highest BCUT2D eigenvalue weighted by Crippen LogP contribution is 2.19. The summed E-state index contributed by atoms with van der Waals surface area (Å²) in [5.41, 5.74) is 0. The van der Waals surface area contributed by atoms with E-state index in [4.69, 9.17) is 26.8 Å². The van der Waals surface area contributed by atoms with E-state index in [0.29, 0.717) is 11.5 Å². The third kappa shape index (κ3) is 10.7. The Morgan fingerprint density at radius 3 is 1.93 bits per heavy atom. The third-order valence-electron chi connectivity index (χ3n) is 5.28. The molecule has 0 radical (unpaired) electrons. The van der Waals surface area contributed by atoms with Crippen LogP contribution in [0.25, 0.3) is 0 Å². The number of unbranched alkanes of at least 4 members (excludes halogenated alkanes) is 11. The molecule has 0 bridgehead atoms. The monoisotopic (exact) mass is 404 g/mol. The van der Waals surface area contributed by atoms with Gasteiger partial charge in [-0.15, -0.1) is 0 Å². The first kappa shape index (κ1) is 24.8. The predicted molar refractivity (Wildman–Crippen MR) is 112 cm³/mol. The van der Waals surface area contributed by atoms with E-state index < -0.39 is 24.4 Å². The topological polar surface area (TPSA) is 79.2 Å². The van der Waals surface area contributed by atoms with Crippen molar-refractivity contribution in [1.29, 1.82) is 0 Å². The summed E-state index contributed by atoms with van der Waals surface area (Å²) in [6.07, 6.45) is 12.6. The normalized spacial score (nSPS) is 25.5. The second-order valence-electron chi connectivity index (χ2n) is 7.70. The number of thiocarbonyl (C=S) groups is 1. The molecule has 160 valence electrons. The maximum absolute atomic E-state index is 10.0. The molecular weight excluding hydrogens is 364 g/mol. The molecule has 0 aliphatic carbocycles. The lowest BCUT2D eigenvalue weighted by Crippen LogP contribution is -2.55. The summed E-state index contributed by atoms with van der Waals surface area (Å²) in [7, 11) is 0. The minimum absolute atomic E-state index is 0.127. The van der Waals surface area contributed by atoms with E-state index in [1.165, 1.54) is 64.2 Å². The average Bonchev–Trinajstić information content (AvgIpc) is 2.66. The Kier molecular flexibility index (Phi) is 14.3. The summed E-state index contributed by atoms with van der Waals surface area (Å²) in [5, 5.41) is 29.4. The predicted octanol–water partition coefficient (Wildman–Crippen LogP) is 3.90. The van der Waals surface area contributed by atoms with Gasteiger partial charge in [0.1, 0.15) is 18.3 Å². The summed E-state index contributed by atoms with van der Waals surface area (Å²) in [5.74, 6) is 0. The van der Waals surface area contributed by atoms with Gasteiger partial charge in [0.2, 0.25) is 0 Å². The first-order valence-corrected chi connectivity index (χ1v) is 11.3. The number of rotatable bonds is 15. The first-order valence-electron chi connectivity index (χ1n) is 10.9. The van der Waals surface area contributed by atoms with Gasteiger partial charge in [0.05, 0.1) is 13.2 Å². The summed E-state index contributed by atoms with van der Waals surface area (Å²) >= 11 is 5.24. The fraction of sp³-hybridized carbons (Fsp3) is 0.952. The van der Waals surface area contributed by atoms with E-state index in [1.807, 2.05) is 0 Å². The molecule has 0 aromatic carbocycles. The van der Waals surface area contributed by atoms with Gasteiger partial charge in [0.15, 0.2) is 11.2 Å². The highest BCUT2D eigenvalue weighted by atomic mass is 32.1. The molecule has 1 heterocycles. The zero-order valence-electron chi connectivity index (χ0n) is 17.0. The Morgan fingerprint density at radius 1 is 0.889 bits per heavy atom. The van der Waals surface area contributed by atoms with Gasteiger partial charge < -0.3 is 24.8 Å². The minimum atomic E-state index is -1.15. The summed E-state index contributed by atoms with van der Waals surface area (Å²) in [6, 6.07) is 0. The van der Waals surface area contributed by atoms with E-state index in [2.05, 4.69) is 6.92 Å². The molecule has 0 aromatic heterocycles. The zero-order valence-corrected chi connectivity index (χ0v) is 17.8. The highest BCUT2D eigenvalue weighted by molar-refractivity contribution is 7.80. The number of aliphatic hydroxyl groups excluding tert-OH is 3. The SMILES string of the molecule is CCCCCCCCCCCCCCC(=S)O[C@@H]1CO[C@@H](CO)[C@H](O)[C@H]1O. The molecule has 0 saturated carbocycles.